The van der Waals surface area contributed by atoms with Crippen molar-refractivity contribution in [1.29, 1.82) is 5.26 Å². The molecule has 108 valence electrons. The average Bonchev–Trinajstić information content (AvgIpc) is 2.42. The number of nitrogens with zero attached hydrogens (tertiary/aromatic N) is 1. The Hall–Kier alpha value is -2.30. The van der Waals surface area contributed by atoms with Crippen LogP contribution in [0.4, 0.5) is 15.8 Å². The monoisotopic (exact) mass is 325 g/mol. The van der Waals surface area contributed by atoms with Crippen LogP contribution < -0.4 is 10.5 Å². The van der Waals surface area contributed by atoms with Gasteiger partial charge in [-0.1, -0.05) is 11.6 Å². The van der Waals surface area contributed by atoms with Crippen LogP contribution in [0.1, 0.15) is 5.56 Å². The Morgan fingerprint density at radius 2 is 1.95 bits per heavy atom. The highest BCUT2D eigenvalue weighted by molar-refractivity contribution is 7.92. The van der Waals surface area contributed by atoms with Crippen molar-refractivity contribution in [3.05, 3.63) is 52.8 Å². The largest absolute Gasteiger partial charge is 0.396 e. The number of sulfonamides is 1. The van der Waals surface area contributed by atoms with E-state index < -0.39 is 15.8 Å². The van der Waals surface area contributed by atoms with Crippen LogP contribution in [-0.4, -0.2) is 8.42 Å². The zero-order valence-corrected chi connectivity index (χ0v) is 12.0. The molecule has 2 aromatic carbocycles. The van der Waals surface area contributed by atoms with Gasteiger partial charge in [0.05, 0.1) is 28.0 Å². The molecule has 0 aliphatic rings. The highest BCUT2D eigenvalue weighted by Gasteiger charge is 2.18. The summed E-state index contributed by atoms with van der Waals surface area (Å²) >= 11 is 5.86. The van der Waals surface area contributed by atoms with Crippen LogP contribution in [0.2, 0.25) is 5.02 Å². The van der Waals surface area contributed by atoms with Crippen molar-refractivity contribution in [2.75, 3.05) is 10.5 Å². The second-order valence-electron chi connectivity index (χ2n) is 4.10. The van der Waals surface area contributed by atoms with Gasteiger partial charge in [-0.25, -0.2) is 12.8 Å². The summed E-state index contributed by atoms with van der Waals surface area (Å²) in [6, 6.07) is 9.09. The van der Waals surface area contributed by atoms with Crippen LogP contribution in [0.15, 0.2) is 41.3 Å². The van der Waals surface area contributed by atoms with E-state index in [-0.39, 0.29) is 26.9 Å². The Bertz CT molecular complexity index is 847. The van der Waals surface area contributed by atoms with Crippen molar-refractivity contribution in [2.24, 2.45) is 0 Å². The van der Waals surface area contributed by atoms with E-state index in [2.05, 4.69) is 4.72 Å². The maximum Gasteiger partial charge on any atom is 0.263 e. The second kappa shape index (κ2) is 5.60. The van der Waals surface area contributed by atoms with E-state index in [1.165, 1.54) is 24.3 Å². The fourth-order valence-electron chi connectivity index (χ4n) is 1.61. The summed E-state index contributed by atoms with van der Waals surface area (Å²) in [4.78, 5) is -0.189. The molecule has 21 heavy (non-hydrogen) atoms. The van der Waals surface area contributed by atoms with Crippen LogP contribution in [0, 0.1) is 17.1 Å². The van der Waals surface area contributed by atoms with Crippen LogP contribution in [0.5, 0.6) is 0 Å². The third-order valence-corrected chi connectivity index (χ3v) is 4.46. The van der Waals surface area contributed by atoms with Gasteiger partial charge in [-0.2, -0.15) is 5.26 Å². The topological polar surface area (TPSA) is 96.0 Å². The van der Waals surface area contributed by atoms with Crippen molar-refractivity contribution < 1.29 is 12.8 Å². The number of rotatable bonds is 3. The molecule has 0 saturated carbocycles. The van der Waals surface area contributed by atoms with E-state index in [1.807, 2.05) is 6.07 Å². The number of hydrogen-bond donors (Lipinski definition) is 2. The molecule has 2 rings (SSSR count). The van der Waals surface area contributed by atoms with Crippen LogP contribution in [0.3, 0.4) is 0 Å². The predicted octanol–water partition coefficient (Wildman–Crippen LogP) is 2.73. The second-order valence-corrected chi connectivity index (χ2v) is 6.16. The first kappa shape index (κ1) is 15.1. The molecular formula is C13H9ClFN3O2S. The van der Waals surface area contributed by atoms with Crippen molar-refractivity contribution >= 4 is 33.0 Å². The van der Waals surface area contributed by atoms with Gasteiger partial charge in [-0.15, -0.1) is 0 Å². The molecule has 0 atom stereocenters. The SMILES string of the molecule is N#Cc1ccc(S(=O)(=O)Nc2ccc(F)c(N)c2)c(Cl)c1. The van der Waals surface area contributed by atoms with Gasteiger partial charge in [0.2, 0.25) is 0 Å². The first-order chi connectivity index (χ1) is 9.83. The lowest BCUT2D eigenvalue weighted by Crippen LogP contribution is -2.13. The van der Waals surface area contributed by atoms with Gasteiger partial charge < -0.3 is 5.73 Å². The van der Waals surface area contributed by atoms with Crippen LogP contribution >= 0.6 is 11.6 Å². The molecule has 0 aliphatic carbocycles. The number of hydrogen-bond acceptors (Lipinski definition) is 4. The Labute approximate surface area is 125 Å². The maximum absolute atomic E-state index is 13.0. The summed E-state index contributed by atoms with van der Waals surface area (Å²) in [6.07, 6.45) is 0. The van der Waals surface area contributed by atoms with Gasteiger partial charge >= 0.3 is 0 Å². The summed E-state index contributed by atoms with van der Waals surface area (Å²) < 4.78 is 39.7. The molecule has 0 aliphatic heterocycles. The molecule has 0 bridgehead atoms. The number of anilines is 2. The molecule has 2 aromatic rings. The Morgan fingerprint density at radius 3 is 2.52 bits per heavy atom. The summed E-state index contributed by atoms with van der Waals surface area (Å²) in [5, 5.41) is 8.64. The normalized spacial score (nSPS) is 10.9. The number of nitrogens with two attached hydrogens (primary N) is 1. The first-order valence-corrected chi connectivity index (χ1v) is 7.47. The molecule has 0 radical (unpaired) electrons. The van der Waals surface area contributed by atoms with Crippen molar-refractivity contribution in [3.63, 3.8) is 0 Å². The third-order valence-electron chi connectivity index (χ3n) is 2.60. The molecule has 8 heteroatoms. The first-order valence-electron chi connectivity index (χ1n) is 5.61. The molecule has 0 aromatic heterocycles. The van der Waals surface area contributed by atoms with E-state index in [1.54, 1.807) is 0 Å². The van der Waals surface area contributed by atoms with Crippen molar-refractivity contribution in [2.45, 2.75) is 4.90 Å². The van der Waals surface area contributed by atoms with Gasteiger partial charge in [0.1, 0.15) is 10.7 Å². The summed E-state index contributed by atoms with van der Waals surface area (Å²) in [6.45, 7) is 0. The lowest BCUT2D eigenvalue weighted by atomic mass is 10.2. The fourth-order valence-corrected chi connectivity index (χ4v) is 3.20. The number of benzene rings is 2. The lowest BCUT2D eigenvalue weighted by molar-refractivity contribution is 0.601. The van der Waals surface area contributed by atoms with E-state index >= 15 is 0 Å². The Balaban J connectivity index is 2.38. The van der Waals surface area contributed by atoms with Crippen LogP contribution in [0.25, 0.3) is 0 Å². The molecule has 0 spiro atoms. The molecule has 0 saturated heterocycles. The summed E-state index contributed by atoms with van der Waals surface area (Å²) in [7, 11) is -3.97. The smallest absolute Gasteiger partial charge is 0.263 e. The predicted molar refractivity (Wildman–Crippen MR) is 77.8 cm³/mol. The number of nitrogen functional groups attached to an aromatic ring is 1. The quantitative estimate of drug-likeness (QED) is 0.848. The Kier molecular flexibility index (Phi) is 4.02. The van der Waals surface area contributed by atoms with Gasteiger partial charge in [-0.05, 0) is 36.4 Å². The highest BCUT2D eigenvalue weighted by atomic mass is 35.5. The van der Waals surface area contributed by atoms with Gasteiger partial charge in [0.15, 0.2) is 0 Å². The lowest BCUT2D eigenvalue weighted by Gasteiger charge is -2.10. The van der Waals surface area contributed by atoms with Gasteiger partial charge in [0, 0.05) is 0 Å². The molecular weight excluding hydrogens is 317 g/mol. The summed E-state index contributed by atoms with van der Waals surface area (Å²) in [5.74, 6) is -0.644. The molecule has 5 nitrogen and oxygen atoms in total. The van der Waals surface area contributed by atoms with Crippen molar-refractivity contribution in [3.8, 4) is 6.07 Å². The molecule has 0 fully saturated rings. The molecule has 3 N–H and O–H groups in total. The number of nitriles is 1. The number of halogens is 2. The molecule has 0 amide bonds. The highest BCUT2D eigenvalue weighted by Crippen LogP contribution is 2.25. The standard InChI is InChI=1S/C13H9ClFN3O2S/c14-10-5-8(7-16)1-4-13(10)21(19,20)18-9-2-3-11(15)12(17)6-9/h1-6,18H,17H2. The van der Waals surface area contributed by atoms with Gasteiger partial charge in [0.25, 0.3) is 10.0 Å². The van der Waals surface area contributed by atoms with E-state index in [0.717, 1.165) is 12.1 Å². The van der Waals surface area contributed by atoms with Crippen molar-refractivity contribution in [1.82, 2.24) is 0 Å². The maximum atomic E-state index is 13.0. The molecule has 0 heterocycles. The van der Waals surface area contributed by atoms with Gasteiger partial charge in [-0.3, -0.25) is 4.72 Å². The fraction of sp³-hybridized carbons (Fsp3) is 0. The van der Waals surface area contributed by atoms with E-state index in [0.29, 0.717) is 0 Å². The average molecular weight is 326 g/mol. The minimum atomic E-state index is -3.97. The zero-order chi connectivity index (χ0) is 15.6. The zero-order valence-electron chi connectivity index (χ0n) is 10.5. The van der Waals surface area contributed by atoms with E-state index in [4.69, 9.17) is 22.6 Å². The minimum Gasteiger partial charge on any atom is -0.396 e. The van der Waals surface area contributed by atoms with E-state index in [9.17, 15) is 12.8 Å². The summed E-state index contributed by atoms with van der Waals surface area (Å²) in [5.41, 5.74) is 5.54. The third kappa shape index (κ3) is 3.24. The number of nitrogens with one attached hydrogen (secondary N) is 1. The minimum absolute atomic E-state index is 0.0865. The molecule has 0 unspecified atom stereocenters. The Morgan fingerprint density at radius 1 is 1.24 bits per heavy atom. The van der Waals surface area contributed by atoms with Crippen LogP contribution in [-0.2, 0) is 10.0 Å².